The summed E-state index contributed by atoms with van der Waals surface area (Å²) in [6, 6.07) is 13.0. The molecular formula is C28H38N4O2S. The summed E-state index contributed by atoms with van der Waals surface area (Å²) in [6.07, 6.45) is 6.36. The molecule has 35 heavy (non-hydrogen) atoms. The van der Waals surface area contributed by atoms with Gasteiger partial charge in [0, 0.05) is 48.6 Å². The summed E-state index contributed by atoms with van der Waals surface area (Å²) in [5.74, 6) is 0.304. The van der Waals surface area contributed by atoms with Crippen molar-refractivity contribution >= 4 is 23.2 Å². The molecule has 6 nitrogen and oxygen atoms in total. The van der Waals surface area contributed by atoms with Gasteiger partial charge in [0.1, 0.15) is 6.04 Å². The molecule has 5 rings (SSSR count). The van der Waals surface area contributed by atoms with E-state index in [4.69, 9.17) is 5.73 Å². The van der Waals surface area contributed by atoms with Gasteiger partial charge in [-0.05, 0) is 74.4 Å². The first-order valence-corrected chi connectivity index (χ1v) is 14.0. The van der Waals surface area contributed by atoms with Crippen LogP contribution < -0.4 is 11.1 Å². The number of nitrogens with one attached hydrogen (secondary N) is 1. The second kappa shape index (κ2) is 10.8. The van der Waals surface area contributed by atoms with E-state index in [-0.39, 0.29) is 41.9 Å². The second-order valence-corrected chi connectivity index (χ2v) is 11.7. The molecule has 2 aliphatic carbocycles. The van der Waals surface area contributed by atoms with E-state index in [0.29, 0.717) is 13.0 Å². The number of carbonyl (C=O) groups is 2. The number of thiophene rings is 1. The average Bonchev–Trinajstić information content (AvgIpc) is 3.39. The zero-order valence-corrected chi connectivity index (χ0v) is 21.5. The van der Waals surface area contributed by atoms with Gasteiger partial charge in [0.15, 0.2) is 0 Å². The number of likely N-dealkylation sites (tertiary alicyclic amines) is 1. The van der Waals surface area contributed by atoms with Crippen LogP contribution >= 0.6 is 11.3 Å². The molecule has 188 valence electrons. The van der Waals surface area contributed by atoms with Crippen LogP contribution in [-0.2, 0) is 22.7 Å². The van der Waals surface area contributed by atoms with Gasteiger partial charge in [-0.15, -0.1) is 11.3 Å². The smallest absolute Gasteiger partial charge is 0.243 e. The maximum Gasteiger partial charge on any atom is 0.243 e. The van der Waals surface area contributed by atoms with Crippen LogP contribution in [0.3, 0.4) is 0 Å². The Kier molecular flexibility index (Phi) is 7.56. The van der Waals surface area contributed by atoms with Crippen molar-refractivity contribution in [2.45, 2.75) is 89.1 Å². The summed E-state index contributed by atoms with van der Waals surface area (Å²) in [7, 11) is 0. The fourth-order valence-electron chi connectivity index (χ4n) is 5.62. The van der Waals surface area contributed by atoms with Crippen LogP contribution in [0, 0.1) is 12.8 Å². The molecule has 2 atom stereocenters. The predicted octanol–water partition coefficient (Wildman–Crippen LogP) is 3.82. The minimum Gasteiger partial charge on any atom is -0.352 e. The number of carbonyl (C=O) groups excluding carboxylic acids is 2. The molecule has 2 heterocycles. The summed E-state index contributed by atoms with van der Waals surface area (Å²) in [4.78, 5) is 32.5. The largest absolute Gasteiger partial charge is 0.352 e. The van der Waals surface area contributed by atoms with Gasteiger partial charge in [0.05, 0.1) is 0 Å². The van der Waals surface area contributed by atoms with Crippen molar-refractivity contribution in [2.75, 3.05) is 6.54 Å². The van der Waals surface area contributed by atoms with Crippen LogP contribution in [0.15, 0.2) is 41.8 Å². The van der Waals surface area contributed by atoms with Crippen molar-refractivity contribution in [3.63, 3.8) is 0 Å². The van der Waals surface area contributed by atoms with Crippen molar-refractivity contribution in [1.82, 2.24) is 15.1 Å². The van der Waals surface area contributed by atoms with E-state index in [1.54, 1.807) is 11.3 Å². The molecule has 7 heteroatoms. The maximum absolute atomic E-state index is 13.5. The highest BCUT2D eigenvalue weighted by Gasteiger charge is 2.46. The van der Waals surface area contributed by atoms with Gasteiger partial charge in [0.2, 0.25) is 11.8 Å². The van der Waals surface area contributed by atoms with Crippen LogP contribution in [0.1, 0.15) is 60.9 Å². The summed E-state index contributed by atoms with van der Waals surface area (Å²) < 4.78 is 0. The number of hydrogen-bond donors (Lipinski definition) is 2. The third-order valence-electron chi connectivity index (χ3n) is 8.00. The molecule has 2 saturated carbocycles. The Balaban J connectivity index is 1.34. The quantitative estimate of drug-likeness (QED) is 0.585. The maximum atomic E-state index is 13.5. The predicted molar refractivity (Wildman–Crippen MR) is 140 cm³/mol. The van der Waals surface area contributed by atoms with Crippen molar-refractivity contribution in [3.8, 4) is 0 Å². The first-order valence-electron chi connectivity index (χ1n) is 13.2. The van der Waals surface area contributed by atoms with Crippen molar-refractivity contribution < 1.29 is 9.59 Å². The summed E-state index contributed by atoms with van der Waals surface area (Å²) >= 11 is 1.77. The lowest BCUT2D eigenvalue weighted by molar-refractivity contribution is -0.139. The van der Waals surface area contributed by atoms with E-state index < -0.39 is 0 Å². The number of nitrogens with two attached hydrogens (primary N) is 1. The third kappa shape index (κ3) is 5.96. The Morgan fingerprint density at radius 3 is 2.51 bits per heavy atom. The topological polar surface area (TPSA) is 78.7 Å². The number of nitrogens with zero attached hydrogens (tertiary/aromatic N) is 2. The third-order valence-corrected chi connectivity index (χ3v) is 8.86. The van der Waals surface area contributed by atoms with Crippen LogP contribution in [0.5, 0.6) is 0 Å². The second-order valence-electron chi connectivity index (χ2n) is 10.7. The molecule has 1 aromatic heterocycles. The first kappa shape index (κ1) is 24.5. The van der Waals surface area contributed by atoms with Crippen molar-refractivity contribution in [2.24, 2.45) is 11.7 Å². The highest BCUT2D eigenvalue weighted by molar-refractivity contribution is 7.09. The van der Waals surface area contributed by atoms with Crippen LogP contribution in [-0.4, -0.2) is 52.3 Å². The standard InChI is InChI=1S/C28H38N4O2S/c1-19-5-2-3-6-21(19)16-31(18-25-7-4-14-35-25)24-15-26(32(17-24)28(34)20-8-9-20)27(33)30-23-12-10-22(29)11-13-23/h2-7,14,20,22-24,26H,8-13,15-18,29H2,1H3,(H,30,33). The number of rotatable bonds is 8. The average molecular weight is 495 g/mol. The monoisotopic (exact) mass is 494 g/mol. The van der Waals surface area contributed by atoms with Gasteiger partial charge < -0.3 is 16.0 Å². The Labute approximate surface area is 212 Å². The normalized spacial score (nSPS) is 26.8. The molecule has 2 aromatic rings. The molecule has 2 amide bonds. The highest BCUT2D eigenvalue weighted by Crippen LogP contribution is 2.35. The molecule has 0 spiro atoms. The Morgan fingerprint density at radius 2 is 1.83 bits per heavy atom. The molecule has 0 radical (unpaired) electrons. The lowest BCUT2D eigenvalue weighted by Gasteiger charge is -2.30. The van der Waals surface area contributed by atoms with Gasteiger partial charge in [0.25, 0.3) is 0 Å². The van der Waals surface area contributed by atoms with Gasteiger partial charge in [-0.2, -0.15) is 0 Å². The minimum atomic E-state index is -0.383. The van der Waals surface area contributed by atoms with Crippen LogP contribution in [0.4, 0.5) is 0 Å². The zero-order chi connectivity index (χ0) is 24.4. The van der Waals surface area contributed by atoms with Crippen LogP contribution in [0.2, 0.25) is 0 Å². The Hall–Kier alpha value is -2.22. The van der Waals surface area contributed by atoms with Crippen molar-refractivity contribution in [1.29, 1.82) is 0 Å². The molecule has 1 saturated heterocycles. The number of amides is 2. The van der Waals surface area contributed by atoms with Gasteiger partial charge in [-0.1, -0.05) is 30.3 Å². The Bertz CT molecular complexity index is 1010. The molecule has 0 bridgehead atoms. The van der Waals surface area contributed by atoms with E-state index in [9.17, 15) is 9.59 Å². The number of hydrogen-bond acceptors (Lipinski definition) is 5. The molecule has 3 aliphatic rings. The minimum absolute atomic E-state index is 0.0222. The van der Waals surface area contributed by atoms with Crippen molar-refractivity contribution in [3.05, 3.63) is 57.8 Å². The van der Waals surface area contributed by atoms with Gasteiger partial charge in [-0.3, -0.25) is 14.5 Å². The molecule has 1 aliphatic heterocycles. The molecule has 2 unspecified atom stereocenters. The Morgan fingerprint density at radius 1 is 1.06 bits per heavy atom. The number of aryl methyl sites for hydroxylation is 1. The van der Waals surface area contributed by atoms with Gasteiger partial charge >= 0.3 is 0 Å². The van der Waals surface area contributed by atoms with Gasteiger partial charge in [-0.25, -0.2) is 0 Å². The fourth-order valence-corrected chi connectivity index (χ4v) is 6.35. The summed E-state index contributed by atoms with van der Waals surface area (Å²) in [5, 5.41) is 5.40. The van der Waals surface area contributed by atoms with E-state index >= 15 is 0 Å². The van der Waals surface area contributed by atoms with E-state index in [2.05, 4.69) is 58.9 Å². The highest BCUT2D eigenvalue weighted by atomic mass is 32.1. The lowest BCUT2D eigenvalue weighted by atomic mass is 9.91. The fraction of sp³-hybridized carbons (Fsp3) is 0.571. The summed E-state index contributed by atoms with van der Waals surface area (Å²) in [6.45, 7) is 4.43. The number of benzene rings is 1. The molecular weight excluding hydrogens is 456 g/mol. The molecule has 3 fully saturated rings. The van der Waals surface area contributed by atoms with E-state index in [1.165, 1.54) is 16.0 Å². The first-order chi connectivity index (χ1) is 17.0. The van der Waals surface area contributed by atoms with E-state index in [0.717, 1.165) is 51.6 Å². The SMILES string of the molecule is Cc1ccccc1CN(Cc1cccs1)C1CC(C(=O)NC2CCC(N)CC2)N(C(=O)C2CC2)C1. The summed E-state index contributed by atoms with van der Waals surface area (Å²) in [5.41, 5.74) is 8.64. The lowest BCUT2D eigenvalue weighted by Crippen LogP contribution is -2.50. The van der Waals surface area contributed by atoms with E-state index in [1.807, 2.05) is 4.90 Å². The van der Waals surface area contributed by atoms with Crippen LogP contribution in [0.25, 0.3) is 0 Å². The molecule has 1 aromatic carbocycles. The molecule has 3 N–H and O–H groups in total. The zero-order valence-electron chi connectivity index (χ0n) is 20.7.